The van der Waals surface area contributed by atoms with Gasteiger partial charge in [-0.15, -0.1) is 0 Å². The molecule has 1 N–H and O–H groups in total. The maximum absolute atomic E-state index is 12.1. The van der Waals surface area contributed by atoms with Crippen LogP contribution in [-0.4, -0.2) is 23.5 Å². The number of amides is 2. The van der Waals surface area contributed by atoms with Gasteiger partial charge >= 0.3 is 6.03 Å². The third-order valence-electron chi connectivity index (χ3n) is 3.35. The summed E-state index contributed by atoms with van der Waals surface area (Å²) >= 11 is 0. The zero-order chi connectivity index (χ0) is 13.1. The Balaban J connectivity index is 2.14. The lowest BCUT2D eigenvalue weighted by Gasteiger charge is -2.26. The van der Waals surface area contributed by atoms with Crippen LogP contribution in [0.5, 0.6) is 0 Å². The second-order valence-electron chi connectivity index (χ2n) is 5.37. The van der Waals surface area contributed by atoms with E-state index in [0.717, 1.165) is 19.4 Å². The van der Waals surface area contributed by atoms with E-state index in [2.05, 4.69) is 36.5 Å². The molecule has 1 aromatic rings. The van der Waals surface area contributed by atoms with Crippen LogP contribution in [0.25, 0.3) is 0 Å². The maximum Gasteiger partial charge on any atom is 0.318 e. The molecule has 0 saturated carbocycles. The summed E-state index contributed by atoms with van der Waals surface area (Å²) in [6.45, 7) is 6.94. The molecule has 2 amide bonds. The fourth-order valence-electron chi connectivity index (χ4n) is 2.56. The molecule has 3 nitrogen and oxygen atoms in total. The van der Waals surface area contributed by atoms with Gasteiger partial charge < -0.3 is 10.2 Å². The fourth-order valence-corrected chi connectivity index (χ4v) is 2.56. The average Bonchev–Trinajstić information content (AvgIpc) is 2.76. The molecule has 1 atom stereocenters. The number of rotatable bonds is 2. The highest BCUT2D eigenvalue weighted by Gasteiger charge is 2.29. The second kappa shape index (κ2) is 5.42. The number of benzene rings is 1. The number of carbonyl (C=O) groups is 1. The normalized spacial score (nSPS) is 19.3. The molecule has 1 aliphatic rings. The van der Waals surface area contributed by atoms with Crippen LogP contribution in [0.15, 0.2) is 24.3 Å². The van der Waals surface area contributed by atoms with Crippen molar-refractivity contribution in [3.63, 3.8) is 0 Å². The second-order valence-corrected chi connectivity index (χ2v) is 5.37. The van der Waals surface area contributed by atoms with E-state index in [-0.39, 0.29) is 18.1 Å². The highest BCUT2D eigenvalue weighted by molar-refractivity contribution is 5.75. The first-order valence-corrected chi connectivity index (χ1v) is 6.71. The molecular formula is C15H22N2O. The Morgan fingerprint density at radius 1 is 1.44 bits per heavy atom. The van der Waals surface area contributed by atoms with Gasteiger partial charge in [-0.1, -0.05) is 29.8 Å². The molecule has 0 spiro atoms. The van der Waals surface area contributed by atoms with E-state index in [4.69, 9.17) is 0 Å². The van der Waals surface area contributed by atoms with Gasteiger partial charge in [-0.05, 0) is 39.2 Å². The maximum atomic E-state index is 12.1. The third-order valence-corrected chi connectivity index (χ3v) is 3.35. The first-order valence-electron chi connectivity index (χ1n) is 6.71. The lowest BCUT2D eigenvalue weighted by Crippen LogP contribution is -2.42. The van der Waals surface area contributed by atoms with Crippen molar-refractivity contribution in [2.45, 2.75) is 45.7 Å². The molecule has 3 heteroatoms. The fraction of sp³-hybridized carbons (Fsp3) is 0.533. The number of urea groups is 1. The molecule has 1 heterocycles. The summed E-state index contributed by atoms with van der Waals surface area (Å²) in [5.41, 5.74) is 2.51. The Morgan fingerprint density at radius 2 is 2.22 bits per heavy atom. The van der Waals surface area contributed by atoms with Crippen LogP contribution in [-0.2, 0) is 0 Å². The topological polar surface area (TPSA) is 32.3 Å². The van der Waals surface area contributed by atoms with E-state index in [0.29, 0.717) is 0 Å². The van der Waals surface area contributed by atoms with Crippen molar-refractivity contribution in [2.75, 3.05) is 6.54 Å². The predicted molar refractivity (Wildman–Crippen MR) is 73.5 cm³/mol. The number of carbonyl (C=O) groups excluding carboxylic acids is 1. The molecule has 98 valence electrons. The van der Waals surface area contributed by atoms with Crippen LogP contribution < -0.4 is 5.32 Å². The van der Waals surface area contributed by atoms with Gasteiger partial charge in [0.25, 0.3) is 0 Å². The van der Waals surface area contributed by atoms with Gasteiger partial charge in [-0.25, -0.2) is 4.79 Å². The summed E-state index contributed by atoms with van der Waals surface area (Å²) in [4.78, 5) is 14.1. The Hall–Kier alpha value is -1.51. The summed E-state index contributed by atoms with van der Waals surface area (Å²) in [7, 11) is 0. The molecule has 0 radical (unpaired) electrons. The smallest absolute Gasteiger partial charge is 0.318 e. The van der Waals surface area contributed by atoms with E-state index in [1.165, 1.54) is 11.1 Å². The van der Waals surface area contributed by atoms with Gasteiger partial charge in [0, 0.05) is 12.6 Å². The van der Waals surface area contributed by atoms with Gasteiger partial charge in [0.15, 0.2) is 0 Å². The van der Waals surface area contributed by atoms with Gasteiger partial charge in [0.05, 0.1) is 6.04 Å². The highest BCUT2D eigenvalue weighted by atomic mass is 16.2. The summed E-state index contributed by atoms with van der Waals surface area (Å²) in [6, 6.07) is 8.97. The molecule has 1 unspecified atom stereocenters. The van der Waals surface area contributed by atoms with E-state index in [1.54, 1.807) is 0 Å². The molecule has 1 aromatic carbocycles. The van der Waals surface area contributed by atoms with Gasteiger partial charge in [-0.2, -0.15) is 0 Å². The van der Waals surface area contributed by atoms with Crippen LogP contribution in [0.3, 0.4) is 0 Å². The minimum Gasteiger partial charge on any atom is -0.336 e. The highest BCUT2D eigenvalue weighted by Crippen LogP contribution is 2.32. The Kier molecular flexibility index (Phi) is 3.90. The standard InChI is InChI=1S/C15H22N2O/c1-11(2)16-15(18)17-9-5-8-14(17)13-7-4-6-12(3)10-13/h4,6-7,10-11,14H,5,8-9H2,1-3H3,(H,16,18). The molecule has 0 aliphatic carbocycles. The number of nitrogens with zero attached hydrogens (tertiary/aromatic N) is 1. The first-order chi connectivity index (χ1) is 8.58. The van der Waals surface area contributed by atoms with Crippen LogP contribution in [0.1, 0.15) is 43.9 Å². The largest absolute Gasteiger partial charge is 0.336 e. The average molecular weight is 246 g/mol. The molecule has 2 rings (SSSR count). The van der Waals surface area contributed by atoms with E-state index in [9.17, 15) is 4.79 Å². The minimum atomic E-state index is 0.0639. The minimum absolute atomic E-state index is 0.0639. The number of aryl methyl sites for hydroxylation is 1. The van der Waals surface area contributed by atoms with Gasteiger partial charge in [0.2, 0.25) is 0 Å². The summed E-state index contributed by atoms with van der Waals surface area (Å²) in [6.07, 6.45) is 2.15. The van der Waals surface area contributed by atoms with Gasteiger partial charge in [0.1, 0.15) is 0 Å². The van der Waals surface area contributed by atoms with Crippen LogP contribution in [0.4, 0.5) is 4.79 Å². The Bertz CT molecular complexity index is 428. The zero-order valence-electron chi connectivity index (χ0n) is 11.4. The van der Waals surface area contributed by atoms with Crippen molar-refractivity contribution in [1.82, 2.24) is 10.2 Å². The van der Waals surface area contributed by atoms with Crippen molar-refractivity contribution in [2.24, 2.45) is 0 Å². The molecule has 1 saturated heterocycles. The number of nitrogens with one attached hydrogen (secondary N) is 1. The number of likely N-dealkylation sites (tertiary alicyclic amines) is 1. The monoisotopic (exact) mass is 246 g/mol. The van der Waals surface area contributed by atoms with E-state index in [1.807, 2.05) is 18.7 Å². The van der Waals surface area contributed by atoms with Crippen LogP contribution in [0.2, 0.25) is 0 Å². The summed E-state index contributed by atoms with van der Waals surface area (Å²) in [5.74, 6) is 0. The van der Waals surface area contributed by atoms with Crippen molar-refractivity contribution < 1.29 is 4.79 Å². The summed E-state index contributed by atoms with van der Waals surface area (Å²) in [5, 5.41) is 2.99. The first kappa shape index (κ1) is 12.9. The lowest BCUT2D eigenvalue weighted by atomic mass is 10.0. The molecule has 18 heavy (non-hydrogen) atoms. The number of hydrogen-bond acceptors (Lipinski definition) is 1. The summed E-state index contributed by atoms with van der Waals surface area (Å²) < 4.78 is 0. The van der Waals surface area contributed by atoms with Crippen molar-refractivity contribution >= 4 is 6.03 Å². The molecular weight excluding hydrogens is 224 g/mol. The van der Waals surface area contributed by atoms with E-state index < -0.39 is 0 Å². The Labute approximate surface area is 109 Å². The molecule has 0 bridgehead atoms. The zero-order valence-corrected chi connectivity index (χ0v) is 11.4. The van der Waals surface area contributed by atoms with Crippen molar-refractivity contribution in [1.29, 1.82) is 0 Å². The van der Waals surface area contributed by atoms with Crippen molar-refractivity contribution in [3.8, 4) is 0 Å². The SMILES string of the molecule is Cc1cccc(C2CCCN2C(=O)NC(C)C)c1. The quantitative estimate of drug-likeness (QED) is 0.853. The molecule has 1 fully saturated rings. The van der Waals surface area contributed by atoms with Gasteiger partial charge in [-0.3, -0.25) is 0 Å². The molecule has 0 aromatic heterocycles. The van der Waals surface area contributed by atoms with E-state index >= 15 is 0 Å². The third kappa shape index (κ3) is 2.84. The lowest BCUT2D eigenvalue weighted by molar-refractivity contribution is 0.190. The predicted octanol–water partition coefficient (Wildman–Crippen LogP) is 3.25. The Morgan fingerprint density at radius 3 is 2.89 bits per heavy atom. The van der Waals surface area contributed by atoms with Crippen LogP contribution in [0, 0.1) is 6.92 Å². The number of hydrogen-bond donors (Lipinski definition) is 1. The van der Waals surface area contributed by atoms with Crippen LogP contribution >= 0.6 is 0 Å². The van der Waals surface area contributed by atoms with Crippen molar-refractivity contribution in [3.05, 3.63) is 35.4 Å². The molecule has 1 aliphatic heterocycles.